The van der Waals surface area contributed by atoms with E-state index in [0.717, 1.165) is 0 Å². The van der Waals surface area contributed by atoms with Crippen LogP contribution in [0.4, 0.5) is 0 Å². The average molecular weight is 215 g/mol. The minimum absolute atomic E-state index is 0.161. The van der Waals surface area contributed by atoms with Crippen molar-refractivity contribution in [3.8, 4) is 0 Å². The molecular formula is C9H11ClN2O2. The second kappa shape index (κ2) is 4.93. The predicted octanol–water partition coefficient (Wildman–Crippen LogP) is 1.37. The number of hydrogen-bond donors (Lipinski definition) is 1. The highest BCUT2D eigenvalue weighted by atomic mass is 35.5. The third kappa shape index (κ3) is 2.21. The van der Waals surface area contributed by atoms with Crippen molar-refractivity contribution < 1.29 is 9.53 Å². The molecule has 0 aliphatic rings. The number of aromatic nitrogens is 1. The van der Waals surface area contributed by atoms with Crippen LogP contribution in [0.3, 0.4) is 0 Å². The Kier molecular flexibility index (Phi) is 3.85. The largest absolute Gasteiger partial charge is 0.462 e. The molecule has 0 fully saturated rings. The van der Waals surface area contributed by atoms with E-state index in [0.29, 0.717) is 17.3 Å². The maximum atomic E-state index is 11.4. The zero-order chi connectivity index (χ0) is 10.6. The molecule has 14 heavy (non-hydrogen) atoms. The second-order valence-corrected chi connectivity index (χ2v) is 2.95. The van der Waals surface area contributed by atoms with Gasteiger partial charge in [0, 0.05) is 12.7 Å². The first-order chi connectivity index (χ1) is 6.70. The highest BCUT2D eigenvalue weighted by Gasteiger charge is 2.16. The summed E-state index contributed by atoms with van der Waals surface area (Å²) in [6, 6.07) is 1.53. The molecule has 2 N–H and O–H groups in total. The molecule has 0 bridgehead atoms. The van der Waals surface area contributed by atoms with Crippen LogP contribution in [0, 0.1) is 0 Å². The molecule has 0 radical (unpaired) electrons. The highest BCUT2D eigenvalue weighted by Crippen LogP contribution is 2.18. The zero-order valence-electron chi connectivity index (χ0n) is 7.79. The van der Waals surface area contributed by atoms with E-state index >= 15 is 0 Å². The van der Waals surface area contributed by atoms with E-state index < -0.39 is 5.97 Å². The smallest absolute Gasteiger partial charge is 0.341 e. The topological polar surface area (TPSA) is 65.2 Å². The van der Waals surface area contributed by atoms with E-state index in [1.54, 1.807) is 6.92 Å². The minimum Gasteiger partial charge on any atom is -0.462 e. The van der Waals surface area contributed by atoms with Gasteiger partial charge in [0.05, 0.1) is 17.3 Å². The Morgan fingerprint density at radius 1 is 1.71 bits per heavy atom. The molecule has 0 saturated carbocycles. The van der Waals surface area contributed by atoms with Crippen LogP contribution in [0.5, 0.6) is 0 Å². The van der Waals surface area contributed by atoms with Gasteiger partial charge in [-0.3, -0.25) is 4.98 Å². The number of ether oxygens (including phenoxy) is 1. The number of pyridine rings is 1. The lowest BCUT2D eigenvalue weighted by atomic mass is 10.2. The van der Waals surface area contributed by atoms with Crippen molar-refractivity contribution >= 4 is 17.6 Å². The SMILES string of the molecule is CCOC(=O)c1c(Cl)ccnc1CN. The van der Waals surface area contributed by atoms with Crippen molar-refractivity contribution in [1.29, 1.82) is 0 Å². The van der Waals surface area contributed by atoms with Crippen molar-refractivity contribution in [2.75, 3.05) is 6.61 Å². The van der Waals surface area contributed by atoms with E-state index in [2.05, 4.69) is 4.98 Å². The molecule has 0 aliphatic heterocycles. The fourth-order valence-corrected chi connectivity index (χ4v) is 1.29. The molecule has 0 atom stereocenters. The summed E-state index contributed by atoms with van der Waals surface area (Å²) in [5.41, 5.74) is 6.14. The van der Waals surface area contributed by atoms with Crippen molar-refractivity contribution in [3.63, 3.8) is 0 Å². The van der Waals surface area contributed by atoms with Crippen LogP contribution >= 0.6 is 11.6 Å². The second-order valence-electron chi connectivity index (χ2n) is 2.54. The van der Waals surface area contributed by atoms with Gasteiger partial charge in [-0.05, 0) is 13.0 Å². The number of nitrogens with zero attached hydrogens (tertiary/aromatic N) is 1. The Morgan fingerprint density at radius 2 is 2.43 bits per heavy atom. The lowest BCUT2D eigenvalue weighted by molar-refractivity contribution is 0.0524. The molecule has 5 heteroatoms. The van der Waals surface area contributed by atoms with E-state index in [9.17, 15) is 4.79 Å². The molecule has 76 valence electrons. The predicted molar refractivity (Wildman–Crippen MR) is 53.1 cm³/mol. The number of esters is 1. The first-order valence-corrected chi connectivity index (χ1v) is 4.59. The van der Waals surface area contributed by atoms with Gasteiger partial charge in [0.1, 0.15) is 5.56 Å². The van der Waals surface area contributed by atoms with E-state index in [1.807, 2.05) is 0 Å². The van der Waals surface area contributed by atoms with Gasteiger partial charge in [0.2, 0.25) is 0 Å². The van der Waals surface area contributed by atoms with Gasteiger partial charge in [-0.2, -0.15) is 0 Å². The molecular weight excluding hydrogens is 204 g/mol. The molecule has 1 heterocycles. The third-order valence-electron chi connectivity index (χ3n) is 1.65. The quantitative estimate of drug-likeness (QED) is 0.772. The molecule has 1 rings (SSSR count). The molecule has 0 aliphatic carbocycles. The lowest BCUT2D eigenvalue weighted by Gasteiger charge is -2.07. The Hall–Kier alpha value is -1.13. The summed E-state index contributed by atoms with van der Waals surface area (Å²) >= 11 is 5.84. The summed E-state index contributed by atoms with van der Waals surface area (Å²) in [5.74, 6) is -0.481. The summed E-state index contributed by atoms with van der Waals surface area (Å²) in [4.78, 5) is 15.4. The van der Waals surface area contributed by atoms with Crippen molar-refractivity contribution in [3.05, 3.63) is 28.5 Å². The first-order valence-electron chi connectivity index (χ1n) is 4.21. The van der Waals surface area contributed by atoms with Crippen LogP contribution in [0.25, 0.3) is 0 Å². The lowest BCUT2D eigenvalue weighted by Crippen LogP contribution is -2.13. The molecule has 1 aromatic rings. The van der Waals surface area contributed by atoms with Crippen LogP contribution in [-0.4, -0.2) is 17.6 Å². The number of hydrogen-bond acceptors (Lipinski definition) is 4. The van der Waals surface area contributed by atoms with Gasteiger partial charge in [-0.15, -0.1) is 0 Å². The Labute approximate surface area is 87.0 Å². The van der Waals surface area contributed by atoms with Gasteiger partial charge in [0.15, 0.2) is 0 Å². The van der Waals surface area contributed by atoms with Gasteiger partial charge in [0.25, 0.3) is 0 Å². The molecule has 0 aromatic carbocycles. The normalized spacial score (nSPS) is 9.93. The fourth-order valence-electron chi connectivity index (χ4n) is 1.05. The van der Waals surface area contributed by atoms with Crippen LogP contribution in [-0.2, 0) is 11.3 Å². The van der Waals surface area contributed by atoms with E-state index in [-0.39, 0.29) is 12.1 Å². The number of nitrogens with two attached hydrogens (primary N) is 1. The van der Waals surface area contributed by atoms with Crippen LogP contribution < -0.4 is 5.73 Å². The minimum atomic E-state index is -0.481. The molecule has 0 amide bonds. The first kappa shape index (κ1) is 10.9. The van der Waals surface area contributed by atoms with Gasteiger partial charge in [-0.25, -0.2) is 4.79 Å². The number of halogens is 1. The summed E-state index contributed by atoms with van der Waals surface area (Å²) in [6.07, 6.45) is 1.51. The maximum absolute atomic E-state index is 11.4. The molecule has 4 nitrogen and oxygen atoms in total. The summed E-state index contributed by atoms with van der Waals surface area (Å²) in [5, 5.41) is 0.318. The van der Waals surface area contributed by atoms with Crippen molar-refractivity contribution in [1.82, 2.24) is 4.98 Å². The van der Waals surface area contributed by atoms with Crippen LogP contribution in [0.15, 0.2) is 12.3 Å². The summed E-state index contributed by atoms with van der Waals surface area (Å²) < 4.78 is 4.83. The molecule has 1 aromatic heterocycles. The third-order valence-corrected chi connectivity index (χ3v) is 1.97. The molecule has 0 unspecified atom stereocenters. The number of carbonyl (C=O) groups is 1. The van der Waals surface area contributed by atoms with Gasteiger partial charge >= 0.3 is 5.97 Å². The molecule has 0 spiro atoms. The maximum Gasteiger partial charge on any atom is 0.341 e. The fraction of sp³-hybridized carbons (Fsp3) is 0.333. The van der Waals surface area contributed by atoms with E-state index in [1.165, 1.54) is 12.3 Å². The van der Waals surface area contributed by atoms with E-state index in [4.69, 9.17) is 22.1 Å². The highest BCUT2D eigenvalue weighted by molar-refractivity contribution is 6.33. The Balaban J connectivity index is 3.10. The molecule has 0 saturated heterocycles. The summed E-state index contributed by atoms with van der Waals surface area (Å²) in [6.45, 7) is 2.19. The average Bonchev–Trinajstić information content (AvgIpc) is 2.17. The number of carbonyl (C=O) groups excluding carboxylic acids is 1. The zero-order valence-corrected chi connectivity index (χ0v) is 8.54. The van der Waals surface area contributed by atoms with Crippen molar-refractivity contribution in [2.24, 2.45) is 5.73 Å². The Bertz CT molecular complexity index is 342. The van der Waals surface area contributed by atoms with Gasteiger partial charge in [-0.1, -0.05) is 11.6 Å². The Morgan fingerprint density at radius 3 is 3.00 bits per heavy atom. The van der Waals surface area contributed by atoms with Crippen LogP contribution in [0.1, 0.15) is 23.0 Å². The van der Waals surface area contributed by atoms with Crippen molar-refractivity contribution in [2.45, 2.75) is 13.5 Å². The standard InChI is InChI=1S/C9H11ClN2O2/c1-2-14-9(13)8-6(10)3-4-12-7(8)5-11/h3-4H,2,5,11H2,1H3. The number of rotatable bonds is 3. The van der Waals surface area contributed by atoms with Gasteiger partial charge < -0.3 is 10.5 Å². The summed E-state index contributed by atoms with van der Waals surface area (Å²) in [7, 11) is 0. The monoisotopic (exact) mass is 214 g/mol. The van der Waals surface area contributed by atoms with Crippen LogP contribution in [0.2, 0.25) is 5.02 Å².